The van der Waals surface area contributed by atoms with Crippen LogP contribution in [0.2, 0.25) is 0 Å². The minimum absolute atomic E-state index is 0.133. The summed E-state index contributed by atoms with van der Waals surface area (Å²) in [6.07, 6.45) is 1.61. The van der Waals surface area contributed by atoms with Gasteiger partial charge in [0.2, 0.25) is 0 Å². The molecule has 0 saturated heterocycles. The highest BCUT2D eigenvalue weighted by molar-refractivity contribution is 7.92. The lowest BCUT2D eigenvalue weighted by atomic mass is 10.0. The molecule has 4 rings (SSSR count). The number of hydrogen-bond donors (Lipinski definition) is 1. The van der Waals surface area contributed by atoms with E-state index in [1.54, 1.807) is 24.3 Å². The van der Waals surface area contributed by atoms with Crippen LogP contribution in [0.1, 0.15) is 27.9 Å². The average molecular weight is 417 g/mol. The molecule has 1 aliphatic rings. The molecule has 0 aliphatic carbocycles. The van der Waals surface area contributed by atoms with Crippen LogP contribution in [0.3, 0.4) is 0 Å². The van der Waals surface area contributed by atoms with Gasteiger partial charge in [-0.25, -0.2) is 8.42 Å². The van der Waals surface area contributed by atoms with Gasteiger partial charge in [0.05, 0.1) is 21.8 Å². The number of fused-ring (bicyclic) bond motifs is 1. The van der Waals surface area contributed by atoms with Gasteiger partial charge in [0.1, 0.15) is 6.07 Å². The number of aryl methyl sites for hydroxylation is 1. The summed E-state index contributed by atoms with van der Waals surface area (Å²) < 4.78 is 27.8. The third-order valence-corrected chi connectivity index (χ3v) is 6.90. The summed E-state index contributed by atoms with van der Waals surface area (Å²) in [5.41, 5.74) is 2.79. The fraction of sp³-hybridized carbons (Fsp3) is 0.130. The fourth-order valence-electron chi connectivity index (χ4n) is 3.54. The second-order valence-electron chi connectivity index (χ2n) is 6.95. The van der Waals surface area contributed by atoms with Gasteiger partial charge in [-0.05, 0) is 60.9 Å². The minimum atomic E-state index is -3.73. The number of hydrogen-bond acceptors (Lipinski definition) is 4. The number of benzene rings is 3. The van der Waals surface area contributed by atoms with Crippen LogP contribution in [-0.4, -0.2) is 20.9 Å². The molecule has 0 fully saturated rings. The molecule has 1 amide bonds. The number of anilines is 2. The van der Waals surface area contributed by atoms with Crippen molar-refractivity contribution in [3.05, 3.63) is 89.5 Å². The summed E-state index contributed by atoms with van der Waals surface area (Å²) in [4.78, 5) is 12.7. The Bertz CT molecular complexity index is 1250. The molecule has 0 aromatic heterocycles. The fourth-order valence-corrected chi connectivity index (χ4v) is 5.08. The van der Waals surface area contributed by atoms with Crippen molar-refractivity contribution in [2.24, 2.45) is 0 Å². The van der Waals surface area contributed by atoms with Crippen LogP contribution in [-0.2, 0) is 16.4 Å². The van der Waals surface area contributed by atoms with Gasteiger partial charge in [-0.1, -0.05) is 30.3 Å². The van der Waals surface area contributed by atoms with E-state index < -0.39 is 15.9 Å². The quantitative estimate of drug-likeness (QED) is 0.696. The summed E-state index contributed by atoms with van der Waals surface area (Å²) in [6.45, 7) is 0.423. The molecular weight excluding hydrogens is 398 g/mol. The zero-order valence-corrected chi connectivity index (χ0v) is 16.9. The number of amides is 1. The summed E-state index contributed by atoms with van der Waals surface area (Å²) >= 11 is 0. The van der Waals surface area contributed by atoms with Gasteiger partial charge in [0.25, 0.3) is 15.9 Å². The maximum atomic E-state index is 13.2. The van der Waals surface area contributed by atoms with Crippen LogP contribution in [0.5, 0.6) is 0 Å². The third-order valence-electron chi connectivity index (χ3n) is 5.07. The van der Waals surface area contributed by atoms with E-state index in [0.29, 0.717) is 29.0 Å². The largest absolute Gasteiger partial charge is 0.321 e. The highest BCUT2D eigenvalue weighted by Gasteiger charge is 2.28. The van der Waals surface area contributed by atoms with E-state index in [0.717, 1.165) is 18.4 Å². The van der Waals surface area contributed by atoms with E-state index in [1.807, 2.05) is 30.3 Å². The molecule has 0 atom stereocenters. The predicted octanol–water partition coefficient (Wildman–Crippen LogP) is 3.95. The standard InChI is InChI=1S/C23H19N3O3S/c24-16-19-7-1-3-9-21(19)25-23(27)18-11-13-20(14-12-18)30(28,29)26-15-5-8-17-6-2-4-10-22(17)26/h1-4,6-7,9-14H,5,8,15H2,(H,25,27). The van der Waals surface area contributed by atoms with Gasteiger partial charge in [-0.2, -0.15) is 5.26 Å². The molecule has 1 heterocycles. The lowest BCUT2D eigenvalue weighted by molar-refractivity contribution is 0.102. The van der Waals surface area contributed by atoms with Crippen LogP contribution in [0, 0.1) is 11.3 Å². The Morgan fingerprint density at radius 3 is 2.43 bits per heavy atom. The van der Waals surface area contributed by atoms with Gasteiger partial charge in [0, 0.05) is 12.1 Å². The van der Waals surface area contributed by atoms with Crippen molar-refractivity contribution in [1.29, 1.82) is 5.26 Å². The first-order valence-corrected chi connectivity index (χ1v) is 11.0. The SMILES string of the molecule is N#Cc1ccccc1NC(=O)c1ccc(S(=O)(=O)N2CCCc3ccccc32)cc1. The zero-order chi connectivity index (χ0) is 21.1. The molecular formula is C23H19N3O3S. The van der Waals surface area contributed by atoms with E-state index in [-0.39, 0.29) is 4.90 Å². The average Bonchev–Trinajstić information content (AvgIpc) is 2.79. The van der Waals surface area contributed by atoms with Crippen LogP contribution >= 0.6 is 0 Å². The summed E-state index contributed by atoms with van der Waals surface area (Å²) in [5, 5.41) is 11.8. The number of carbonyl (C=O) groups is 1. The molecule has 0 saturated carbocycles. The maximum absolute atomic E-state index is 13.2. The van der Waals surface area contributed by atoms with Crippen molar-refractivity contribution in [3.8, 4) is 6.07 Å². The number of rotatable bonds is 4. The van der Waals surface area contributed by atoms with Crippen molar-refractivity contribution in [2.75, 3.05) is 16.2 Å². The molecule has 1 aliphatic heterocycles. The Balaban J connectivity index is 1.58. The number of sulfonamides is 1. The number of para-hydroxylation sites is 2. The van der Waals surface area contributed by atoms with E-state index in [9.17, 15) is 13.2 Å². The van der Waals surface area contributed by atoms with Crippen molar-refractivity contribution < 1.29 is 13.2 Å². The Kier molecular flexibility index (Phi) is 5.25. The molecule has 30 heavy (non-hydrogen) atoms. The van der Waals surface area contributed by atoms with Crippen molar-refractivity contribution >= 4 is 27.3 Å². The molecule has 3 aromatic rings. The summed E-state index contributed by atoms with van der Waals surface area (Å²) in [6, 6.07) is 22.1. The number of nitriles is 1. The van der Waals surface area contributed by atoms with Gasteiger partial charge < -0.3 is 5.32 Å². The third kappa shape index (κ3) is 3.65. The molecule has 0 unspecified atom stereocenters. The van der Waals surface area contributed by atoms with E-state index >= 15 is 0 Å². The summed E-state index contributed by atoms with van der Waals surface area (Å²) in [7, 11) is -3.73. The second-order valence-corrected chi connectivity index (χ2v) is 8.81. The highest BCUT2D eigenvalue weighted by Crippen LogP contribution is 2.31. The van der Waals surface area contributed by atoms with Crippen LogP contribution in [0.15, 0.2) is 77.7 Å². The lowest BCUT2D eigenvalue weighted by Gasteiger charge is -2.30. The van der Waals surface area contributed by atoms with E-state index in [4.69, 9.17) is 5.26 Å². The number of nitrogens with one attached hydrogen (secondary N) is 1. The smallest absolute Gasteiger partial charge is 0.264 e. The number of carbonyl (C=O) groups excluding carboxylic acids is 1. The van der Waals surface area contributed by atoms with Crippen LogP contribution in [0.4, 0.5) is 11.4 Å². The van der Waals surface area contributed by atoms with Crippen molar-refractivity contribution in [3.63, 3.8) is 0 Å². The molecule has 0 spiro atoms. The molecule has 150 valence electrons. The topological polar surface area (TPSA) is 90.3 Å². The van der Waals surface area contributed by atoms with Gasteiger partial charge in [0.15, 0.2) is 0 Å². The summed E-state index contributed by atoms with van der Waals surface area (Å²) in [5.74, 6) is -0.412. The van der Waals surface area contributed by atoms with Crippen LogP contribution in [0.25, 0.3) is 0 Å². The maximum Gasteiger partial charge on any atom is 0.264 e. The molecule has 7 heteroatoms. The van der Waals surface area contributed by atoms with Crippen LogP contribution < -0.4 is 9.62 Å². The predicted molar refractivity (Wildman–Crippen MR) is 115 cm³/mol. The Hall–Kier alpha value is -3.63. The highest BCUT2D eigenvalue weighted by atomic mass is 32.2. The monoisotopic (exact) mass is 417 g/mol. The first-order valence-electron chi connectivity index (χ1n) is 9.52. The zero-order valence-electron chi connectivity index (χ0n) is 16.1. The van der Waals surface area contributed by atoms with Gasteiger partial charge >= 0.3 is 0 Å². The lowest BCUT2D eigenvalue weighted by Crippen LogP contribution is -2.35. The van der Waals surface area contributed by atoms with Crippen molar-refractivity contribution in [1.82, 2.24) is 0 Å². The Morgan fingerprint density at radius 2 is 1.67 bits per heavy atom. The Labute approximate surface area is 175 Å². The Morgan fingerprint density at radius 1 is 0.967 bits per heavy atom. The first kappa shape index (κ1) is 19.7. The second kappa shape index (κ2) is 8.01. The minimum Gasteiger partial charge on any atom is -0.321 e. The molecule has 3 aromatic carbocycles. The van der Waals surface area contributed by atoms with Gasteiger partial charge in [-0.15, -0.1) is 0 Å². The molecule has 0 bridgehead atoms. The molecule has 6 nitrogen and oxygen atoms in total. The number of nitrogens with zero attached hydrogens (tertiary/aromatic N) is 2. The molecule has 0 radical (unpaired) electrons. The first-order chi connectivity index (χ1) is 14.5. The molecule has 1 N–H and O–H groups in total. The van der Waals surface area contributed by atoms with E-state index in [2.05, 4.69) is 5.32 Å². The van der Waals surface area contributed by atoms with Gasteiger partial charge in [-0.3, -0.25) is 9.10 Å². The normalized spacial score (nSPS) is 13.2. The van der Waals surface area contributed by atoms with Crippen molar-refractivity contribution in [2.45, 2.75) is 17.7 Å². The van der Waals surface area contributed by atoms with E-state index in [1.165, 1.54) is 28.6 Å².